The quantitative estimate of drug-likeness (QED) is 0.672. The van der Waals surface area contributed by atoms with Crippen molar-refractivity contribution in [1.82, 2.24) is 4.90 Å². The summed E-state index contributed by atoms with van der Waals surface area (Å²) in [6, 6.07) is 21.2. The minimum absolute atomic E-state index is 0. The van der Waals surface area contributed by atoms with E-state index in [-0.39, 0.29) is 18.3 Å². The van der Waals surface area contributed by atoms with E-state index < -0.39 is 0 Å². The predicted molar refractivity (Wildman–Crippen MR) is 111 cm³/mol. The van der Waals surface area contributed by atoms with E-state index >= 15 is 0 Å². The first-order valence-corrected chi connectivity index (χ1v) is 9.52. The van der Waals surface area contributed by atoms with Gasteiger partial charge in [-0.25, -0.2) is 0 Å². The fraction of sp³-hybridized carbons (Fsp3) is 0.435. The van der Waals surface area contributed by atoms with E-state index in [1.165, 1.54) is 11.1 Å². The fourth-order valence-corrected chi connectivity index (χ4v) is 3.94. The summed E-state index contributed by atoms with van der Waals surface area (Å²) in [6.07, 6.45) is 5.14. The Morgan fingerprint density at radius 3 is 2.27 bits per heavy atom. The number of carbonyl (C=O) groups is 1. The molecular weight excluding hydrogens is 342 g/mol. The maximum atomic E-state index is 12.6. The van der Waals surface area contributed by atoms with E-state index in [1.54, 1.807) is 0 Å². The number of aryl methyl sites for hydroxylation is 1. The summed E-state index contributed by atoms with van der Waals surface area (Å²) in [4.78, 5) is 14.9. The molecule has 1 saturated carbocycles. The zero-order valence-corrected chi connectivity index (χ0v) is 16.5. The van der Waals surface area contributed by atoms with Crippen molar-refractivity contribution in [3.63, 3.8) is 0 Å². The monoisotopic (exact) mass is 371 g/mol. The van der Waals surface area contributed by atoms with Crippen LogP contribution < -0.4 is 0 Å². The smallest absolute Gasteiger partial charge is 0.137 e. The van der Waals surface area contributed by atoms with E-state index in [1.807, 2.05) is 6.07 Å². The summed E-state index contributed by atoms with van der Waals surface area (Å²) >= 11 is 0. The number of nitrogens with zero attached hydrogens (tertiary/aromatic N) is 1. The molecule has 0 saturated heterocycles. The number of ketones is 1. The number of Topliss-reactive ketones (excluding diaryl/α,β-unsaturated/α-hetero) is 1. The highest BCUT2D eigenvalue weighted by atomic mass is 35.5. The van der Waals surface area contributed by atoms with Gasteiger partial charge in [-0.2, -0.15) is 0 Å². The van der Waals surface area contributed by atoms with Gasteiger partial charge >= 0.3 is 0 Å². The second-order valence-corrected chi connectivity index (χ2v) is 7.40. The Balaban J connectivity index is 0.00000243. The van der Waals surface area contributed by atoms with Gasteiger partial charge in [0.05, 0.1) is 0 Å². The molecule has 0 radical (unpaired) electrons. The SMILES string of the molecule is CN(CCCc1ccccc1)CC1CCC(c2ccccc2)CC1=O.Cl. The summed E-state index contributed by atoms with van der Waals surface area (Å²) in [5.41, 5.74) is 2.72. The fourth-order valence-electron chi connectivity index (χ4n) is 3.94. The maximum absolute atomic E-state index is 12.6. The third-order valence-corrected chi connectivity index (χ3v) is 5.42. The first-order valence-electron chi connectivity index (χ1n) is 9.52. The van der Waals surface area contributed by atoms with Gasteiger partial charge in [0.1, 0.15) is 5.78 Å². The minimum atomic E-state index is 0. The average molecular weight is 372 g/mol. The molecule has 1 aliphatic carbocycles. The van der Waals surface area contributed by atoms with Crippen LogP contribution in [0.4, 0.5) is 0 Å². The van der Waals surface area contributed by atoms with Crippen LogP contribution in [0.2, 0.25) is 0 Å². The van der Waals surface area contributed by atoms with Crippen LogP contribution in [0.15, 0.2) is 60.7 Å². The van der Waals surface area contributed by atoms with Crippen LogP contribution in [-0.2, 0) is 11.2 Å². The number of benzene rings is 2. The third-order valence-electron chi connectivity index (χ3n) is 5.42. The average Bonchev–Trinajstić information content (AvgIpc) is 2.65. The Kier molecular flexibility index (Phi) is 8.34. The Hall–Kier alpha value is -1.64. The molecule has 0 N–H and O–H groups in total. The van der Waals surface area contributed by atoms with Crippen molar-refractivity contribution in [2.75, 3.05) is 20.1 Å². The molecule has 0 spiro atoms. The van der Waals surface area contributed by atoms with Gasteiger partial charge in [0.2, 0.25) is 0 Å². The number of rotatable bonds is 7. The lowest BCUT2D eigenvalue weighted by molar-refractivity contribution is -0.125. The number of carbonyl (C=O) groups excluding carboxylic acids is 1. The van der Waals surface area contributed by atoms with Crippen molar-refractivity contribution in [2.24, 2.45) is 5.92 Å². The standard InChI is InChI=1S/C23H29NO.ClH/c1-24(16-8-11-19-9-4-2-5-10-19)18-22-15-14-21(17-23(22)25)20-12-6-3-7-13-20;/h2-7,9-10,12-13,21-22H,8,11,14-18H2,1H3;1H. The van der Waals surface area contributed by atoms with Crippen molar-refractivity contribution in [2.45, 2.75) is 38.0 Å². The second kappa shape index (κ2) is 10.5. The van der Waals surface area contributed by atoms with Gasteiger partial charge in [0.15, 0.2) is 0 Å². The molecule has 2 aromatic rings. The molecule has 1 fully saturated rings. The normalized spacial score (nSPS) is 20.0. The second-order valence-electron chi connectivity index (χ2n) is 7.40. The maximum Gasteiger partial charge on any atom is 0.137 e. The lowest BCUT2D eigenvalue weighted by atomic mass is 9.77. The summed E-state index contributed by atoms with van der Waals surface area (Å²) in [7, 11) is 2.15. The van der Waals surface area contributed by atoms with Crippen LogP contribution in [0.25, 0.3) is 0 Å². The van der Waals surface area contributed by atoms with Gasteiger partial charge in [0, 0.05) is 18.9 Å². The van der Waals surface area contributed by atoms with Gasteiger partial charge < -0.3 is 4.90 Å². The Bertz CT molecular complexity index is 658. The number of halogens is 1. The molecule has 3 heteroatoms. The summed E-state index contributed by atoms with van der Waals surface area (Å²) in [5, 5.41) is 0. The highest BCUT2D eigenvalue weighted by Gasteiger charge is 2.29. The molecule has 1 aliphatic rings. The highest BCUT2D eigenvalue weighted by molar-refractivity contribution is 5.85. The zero-order valence-electron chi connectivity index (χ0n) is 15.6. The van der Waals surface area contributed by atoms with Crippen molar-refractivity contribution < 1.29 is 4.79 Å². The molecule has 140 valence electrons. The van der Waals surface area contributed by atoms with Gasteiger partial charge in [-0.05, 0) is 56.3 Å². The molecule has 2 aromatic carbocycles. The van der Waals surface area contributed by atoms with Crippen molar-refractivity contribution in [3.05, 3.63) is 71.8 Å². The van der Waals surface area contributed by atoms with Crippen molar-refractivity contribution in [3.8, 4) is 0 Å². The summed E-state index contributed by atoms with van der Waals surface area (Å²) in [5.74, 6) is 1.10. The van der Waals surface area contributed by atoms with Crippen LogP contribution in [0, 0.1) is 5.92 Å². The lowest BCUT2D eigenvalue weighted by Gasteiger charge is -2.30. The molecule has 3 rings (SSSR count). The molecule has 2 nitrogen and oxygen atoms in total. The molecule has 0 bridgehead atoms. The minimum Gasteiger partial charge on any atom is -0.306 e. The van der Waals surface area contributed by atoms with Gasteiger partial charge in [-0.1, -0.05) is 60.7 Å². The third kappa shape index (κ3) is 5.96. The van der Waals surface area contributed by atoms with E-state index in [0.29, 0.717) is 18.1 Å². The number of hydrogen-bond acceptors (Lipinski definition) is 2. The number of hydrogen-bond donors (Lipinski definition) is 0. The largest absolute Gasteiger partial charge is 0.306 e. The van der Waals surface area contributed by atoms with E-state index in [9.17, 15) is 4.79 Å². The Labute approximate surface area is 164 Å². The van der Waals surface area contributed by atoms with Crippen LogP contribution in [0.1, 0.15) is 42.7 Å². The molecule has 26 heavy (non-hydrogen) atoms. The van der Waals surface area contributed by atoms with E-state index in [2.05, 4.69) is 66.5 Å². The summed E-state index contributed by atoms with van der Waals surface area (Å²) in [6.45, 7) is 1.97. The van der Waals surface area contributed by atoms with Gasteiger partial charge in [-0.15, -0.1) is 12.4 Å². The van der Waals surface area contributed by atoms with Crippen molar-refractivity contribution in [1.29, 1.82) is 0 Å². The lowest BCUT2D eigenvalue weighted by Crippen LogP contribution is -2.34. The Morgan fingerprint density at radius 2 is 1.62 bits per heavy atom. The molecule has 2 atom stereocenters. The van der Waals surface area contributed by atoms with Crippen LogP contribution >= 0.6 is 12.4 Å². The predicted octanol–water partition coefficient (Wildman–Crippen LogP) is 5.13. The van der Waals surface area contributed by atoms with Crippen LogP contribution in [-0.4, -0.2) is 30.8 Å². The van der Waals surface area contributed by atoms with Gasteiger partial charge in [0.25, 0.3) is 0 Å². The summed E-state index contributed by atoms with van der Waals surface area (Å²) < 4.78 is 0. The molecule has 0 aromatic heterocycles. The van der Waals surface area contributed by atoms with Gasteiger partial charge in [-0.3, -0.25) is 4.79 Å². The first-order chi connectivity index (χ1) is 12.2. The highest BCUT2D eigenvalue weighted by Crippen LogP contribution is 2.33. The molecule has 2 unspecified atom stereocenters. The molecular formula is C23H30ClNO. The first kappa shape index (κ1) is 20.7. The Morgan fingerprint density at radius 1 is 0.962 bits per heavy atom. The van der Waals surface area contributed by atoms with Crippen molar-refractivity contribution >= 4 is 18.2 Å². The van der Waals surface area contributed by atoms with E-state index in [0.717, 1.165) is 38.8 Å². The van der Waals surface area contributed by atoms with E-state index in [4.69, 9.17) is 0 Å². The molecule has 0 amide bonds. The molecule has 0 aliphatic heterocycles. The van der Waals surface area contributed by atoms with Crippen LogP contribution in [0.5, 0.6) is 0 Å². The molecule has 0 heterocycles. The van der Waals surface area contributed by atoms with Crippen LogP contribution in [0.3, 0.4) is 0 Å². The topological polar surface area (TPSA) is 20.3 Å². The zero-order chi connectivity index (χ0) is 17.5.